The zero-order valence-electron chi connectivity index (χ0n) is 9.39. The van der Waals surface area contributed by atoms with Gasteiger partial charge in [0.25, 0.3) is 0 Å². The number of aromatic nitrogens is 1. The van der Waals surface area contributed by atoms with Gasteiger partial charge < -0.3 is 10.4 Å². The second-order valence-corrected chi connectivity index (χ2v) is 4.92. The van der Waals surface area contributed by atoms with Crippen LogP contribution in [0.5, 0.6) is 0 Å². The van der Waals surface area contributed by atoms with Crippen molar-refractivity contribution in [2.24, 2.45) is 0 Å². The van der Waals surface area contributed by atoms with Crippen LogP contribution >= 0.6 is 22.9 Å². The van der Waals surface area contributed by atoms with E-state index in [9.17, 15) is 4.79 Å². The Bertz CT molecular complexity index is 557. The number of anilines is 1. The van der Waals surface area contributed by atoms with Crippen molar-refractivity contribution >= 4 is 34.0 Å². The van der Waals surface area contributed by atoms with Crippen molar-refractivity contribution in [3.8, 4) is 0 Å². The molecule has 18 heavy (non-hydrogen) atoms. The van der Waals surface area contributed by atoms with Crippen LogP contribution in [0, 0.1) is 0 Å². The molecule has 0 saturated heterocycles. The number of nitrogens with one attached hydrogen (secondary N) is 1. The SMILES string of the molecule is O=C(O)Cc1csc(NCc2ccccc2Cl)n1. The van der Waals surface area contributed by atoms with Gasteiger partial charge in [-0.3, -0.25) is 4.79 Å². The molecule has 1 heterocycles. The third-order valence-corrected chi connectivity index (χ3v) is 3.49. The lowest BCUT2D eigenvalue weighted by Crippen LogP contribution is -2.02. The van der Waals surface area contributed by atoms with Crippen molar-refractivity contribution in [3.05, 3.63) is 45.9 Å². The summed E-state index contributed by atoms with van der Waals surface area (Å²) in [6, 6.07) is 7.55. The normalized spacial score (nSPS) is 10.3. The van der Waals surface area contributed by atoms with Gasteiger partial charge in [0.1, 0.15) is 0 Å². The minimum Gasteiger partial charge on any atom is -0.481 e. The van der Waals surface area contributed by atoms with Gasteiger partial charge in [0, 0.05) is 16.9 Å². The van der Waals surface area contributed by atoms with E-state index in [1.54, 1.807) is 5.38 Å². The van der Waals surface area contributed by atoms with Crippen LogP contribution in [0.4, 0.5) is 5.13 Å². The van der Waals surface area contributed by atoms with E-state index in [-0.39, 0.29) is 6.42 Å². The van der Waals surface area contributed by atoms with E-state index in [1.807, 2.05) is 24.3 Å². The zero-order valence-corrected chi connectivity index (χ0v) is 11.0. The second kappa shape index (κ2) is 5.84. The van der Waals surface area contributed by atoms with Gasteiger partial charge >= 0.3 is 5.97 Å². The Labute approximate surface area is 113 Å². The van der Waals surface area contributed by atoms with Gasteiger partial charge in [0.05, 0.1) is 12.1 Å². The number of aliphatic carboxylic acids is 1. The Hall–Kier alpha value is -1.59. The highest BCUT2D eigenvalue weighted by atomic mass is 35.5. The van der Waals surface area contributed by atoms with Crippen LogP contribution in [-0.2, 0) is 17.8 Å². The smallest absolute Gasteiger partial charge is 0.309 e. The number of benzene rings is 1. The molecule has 0 bridgehead atoms. The first kappa shape index (κ1) is 12.9. The average molecular weight is 283 g/mol. The fraction of sp³-hybridized carbons (Fsp3) is 0.167. The van der Waals surface area contributed by atoms with Crippen LogP contribution in [0.15, 0.2) is 29.6 Å². The molecule has 0 radical (unpaired) electrons. The number of carboxylic acids is 1. The molecule has 0 aliphatic rings. The number of thiazole rings is 1. The third kappa shape index (κ3) is 3.45. The average Bonchev–Trinajstić information content (AvgIpc) is 2.75. The van der Waals surface area contributed by atoms with Crippen molar-refractivity contribution in [2.75, 3.05) is 5.32 Å². The van der Waals surface area contributed by atoms with E-state index in [0.717, 1.165) is 5.56 Å². The summed E-state index contributed by atoms with van der Waals surface area (Å²) in [4.78, 5) is 14.7. The predicted octanol–water partition coefficient (Wildman–Crippen LogP) is 3.04. The van der Waals surface area contributed by atoms with Crippen molar-refractivity contribution in [2.45, 2.75) is 13.0 Å². The topological polar surface area (TPSA) is 62.2 Å². The molecule has 2 N–H and O–H groups in total. The summed E-state index contributed by atoms with van der Waals surface area (Å²) in [7, 11) is 0. The molecule has 0 aliphatic carbocycles. The lowest BCUT2D eigenvalue weighted by Gasteiger charge is -2.04. The first-order valence-corrected chi connectivity index (χ1v) is 6.54. The molecule has 0 fully saturated rings. The van der Waals surface area contributed by atoms with E-state index in [2.05, 4.69) is 10.3 Å². The Morgan fingerprint density at radius 3 is 2.94 bits per heavy atom. The molecule has 6 heteroatoms. The number of carboxylic acid groups (broad SMARTS) is 1. The maximum atomic E-state index is 10.5. The highest BCUT2D eigenvalue weighted by Crippen LogP contribution is 2.19. The summed E-state index contributed by atoms with van der Waals surface area (Å²) in [5, 5.41) is 14.9. The maximum absolute atomic E-state index is 10.5. The summed E-state index contributed by atoms with van der Waals surface area (Å²) in [5.74, 6) is -0.877. The molecule has 1 aromatic carbocycles. The number of rotatable bonds is 5. The maximum Gasteiger partial charge on any atom is 0.309 e. The Morgan fingerprint density at radius 2 is 2.22 bits per heavy atom. The van der Waals surface area contributed by atoms with Crippen molar-refractivity contribution < 1.29 is 9.90 Å². The predicted molar refractivity (Wildman–Crippen MR) is 72.2 cm³/mol. The molecular formula is C12H11ClN2O2S. The highest BCUT2D eigenvalue weighted by molar-refractivity contribution is 7.13. The van der Waals surface area contributed by atoms with E-state index in [0.29, 0.717) is 22.4 Å². The van der Waals surface area contributed by atoms with Gasteiger partial charge in [-0.2, -0.15) is 0 Å². The summed E-state index contributed by atoms with van der Waals surface area (Å²) < 4.78 is 0. The molecule has 2 aromatic rings. The molecule has 0 atom stereocenters. The summed E-state index contributed by atoms with van der Waals surface area (Å²) >= 11 is 7.42. The summed E-state index contributed by atoms with van der Waals surface area (Å²) in [5.41, 5.74) is 1.54. The quantitative estimate of drug-likeness (QED) is 0.885. The highest BCUT2D eigenvalue weighted by Gasteiger charge is 2.06. The van der Waals surface area contributed by atoms with E-state index < -0.39 is 5.97 Å². The zero-order chi connectivity index (χ0) is 13.0. The standard InChI is InChI=1S/C12H11ClN2O2S/c13-10-4-2-1-3-8(10)6-14-12-15-9(7-18-12)5-11(16)17/h1-4,7H,5-6H2,(H,14,15)(H,16,17). The third-order valence-electron chi connectivity index (χ3n) is 2.27. The first-order chi connectivity index (χ1) is 8.65. The largest absolute Gasteiger partial charge is 0.481 e. The van der Waals surface area contributed by atoms with Crippen LogP contribution in [0.2, 0.25) is 5.02 Å². The molecule has 0 saturated carbocycles. The number of hydrogen-bond acceptors (Lipinski definition) is 4. The molecule has 4 nitrogen and oxygen atoms in total. The van der Waals surface area contributed by atoms with E-state index in [1.165, 1.54) is 11.3 Å². The van der Waals surface area contributed by atoms with Crippen LogP contribution < -0.4 is 5.32 Å². The minimum atomic E-state index is -0.877. The van der Waals surface area contributed by atoms with Gasteiger partial charge in [0.2, 0.25) is 0 Å². The van der Waals surface area contributed by atoms with Crippen LogP contribution in [0.3, 0.4) is 0 Å². The lowest BCUT2D eigenvalue weighted by atomic mass is 10.2. The van der Waals surface area contributed by atoms with E-state index in [4.69, 9.17) is 16.7 Å². The van der Waals surface area contributed by atoms with Crippen LogP contribution in [0.25, 0.3) is 0 Å². The number of nitrogens with zero attached hydrogens (tertiary/aromatic N) is 1. The van der Waals surface area contributed by atoms with E-state index >= 15 is 0 Å². The Morgan fingerprint density at radius 1 is 1.44 bits per heavy atom. The molecular weight excluding hydrogens is 272 g/mol. The van der Waals surface area contributed by atoms with Crippen LogP contribution in [-0.4, -0.2) is 16.1 Å². The van der Waals surface area contributed by atoms with Crippen molar-refractivity contribution in [3.63, 3.8) is 0 Å². The molecule has 94 valence electrons. The van der Waals surface area contributed by atoms with Crippen molar-refractivity contribution in [1.29, 1.82) is 0 Å². The number of halogens is 1. The van der Waals surface area contributed by atoms with Gasteiger partial charge in [-0.1, -0.05) is 29.8 Å². The molecule has 0 aliphatic heterocycles. The van der Waals surface area contributed by atoms with Gasteiger partial charge in [-0.15, -0.1) is 11.3 Å². The fourth-order valence-electron chi connectivity index (χ4n) is 1.44. The molecule has 1 aromatic heterocycles. The number of carbonyl (C=O) groups is 1. The Balaban J connectivity index is 1.96. The van der Waals surface area contributed by atoms with Crippen LogP contribution in [0.1, 0.15) is 11.3 Å². The number of hydrogen-bond donors (Lipinski definition) is 2. The van der Waals surface area contributed by atoms with Gasteiger partial charge in [-0.25, -0.2) is 4.98 Å². The minimum absolute atomic E-state index is 0.0513. The lowest BCUT2D eigenvalue weighted by molar-refractivity contribution is -0.136. The molecule has 0 amide bonds. The first-order valence-electron chi connectivity index (χ1n) is 5.28. The second-order valence-electron chi connectivity index (χ2n) is 3.66. The van der Waals surface area contributed by atoms with Crippen molar-refractivity contribution in [1.82, 2.24) is 4.98 Å². The molecule has 0 unspecified atom stereocenters. The summed E-state index contributed by atoms with van der Waals surface area (Å²) in [6.07, 6.45) is -0.0513. The Kier molecular flexibility index (Phi) is 4.17. The molecule has 0 spiro atoms. The summed E-state index contributed by atoms with van der Waals surface area (Å²) in [6.45, 7) is 0.569. The van der Waals surface area contributed by atoms with Gasteiger partial charge in [0.15, 0.2) is 5.13 Å². The molecule has 2 rings (SSSR count). The monoisotopic (exact) mass is 282 g/mol. The fourth-order valence-corrected chi connectivity index (χ4v) is 2.35. The van der Waals surface area contributed by atoms with Gasteiger partial charge in [-0.05, 0) is 11.6 Å².